The van der Waals surface area contributed by atoms with Crippen molar-refractivity contribution in [3.63, 3.8) is 0 Å². The van der Waals surface area contributed by atoms with Gasteiger partial charge < -0.3 is 15.7 Å². The van der Waals surface area contributed by atoms with E-state index in [0.717, 1.165) is 5.69 Å². The first-order valence-corrected chi connectivity index (χ1v) is 5.89. The predicted molar refractivity (Wildman–Crippen MR) is 72.5 cm³/mol. The SMILES string of the molecule is N/C(=N/O)c1c(Cl)cccc1OCc1ccccn1. The molecule has 0 aliphatic rings. The largest absolute Gasteiger partial charge is 0.486 e. The Bertz CT molecular complexity index is 588. The first kappa shape index (κ1) is 13.2. The van der Waals surface area contributed by atoms with Gasteiger partial charge in [-0.3, -0.25) is 4.98 Å². The fourth-order valence-electron chi connectivity index (χ4n) is 1.56. The fraction of sp³-hybridized carbons (Fsp3) is 0.0769. The maximum Gasteiger partial charge on any atom is 0.175 e. The molecule has 0 atom stereocenters. The van der Waals surface area contributed by atoms with E-state index in [9.17, 15) is 0 Å². The summed E-state index contributed by atoms with van der Waals surface area (Å²) >= 11 is 6.02. The molecule has 0 saturated carbocycles. The van der Waals surface area contributed by atoms with E-state index in [0.29, 0.717) is 16.3 Å². The van der Waals surface area contributed by atoms with Crippen LogP contribution in [0.1, 0.15) is 11.3 Å². The summed E-state index contributed by atoms with van der Waals surface area (Å²) in [5, 5.41) is 12.1. The Balaban J connectivity index is 2.23. The summed E-state index contributed by atoms with van der Waals surface area (Å²) in [7, 11) is 0. The van der Waals surface area contributed by atoms with Gasteiger partial charge >= 0.3 is 0 Å². The zero-order valence-electron chi connectivity index (χ0n) is 9.95. The van der Waals surface area contributed by atoms with Crippen molar-refractivity contribution in [3.05, 3.63) is 58.9 Å². The van der Waals surface area contributed by atoms with Crippen molar-refractivity contribution in [2.75, 3.05) is 0 Å². The molecule has 2 rings (SSSR count). The number of hydrogen-bond acceptors (Lipinski definition) is 4. The third kappa shape index (κ3) is 3.14. The van der Waals surface area contributed by atoms with Crippen molar-refractivity contribution in [2.24, 2.45) is 10.9 Å². The Labute approximate surface area is 115 Å². The summed E-state index contributed by atoms with van der Waals surface area (Å²) in [4.78, 5) is 4.14. The molecule has 1 heterocycles. The van der Waals surface area contributed by atoms with E-state index in [1.165, 1.54) is 0 Å². The zero-order valence-corrected chi connectivity index (χ0v) is 10.7. The van der Waals surface area contributed by atoms with E-state index in [4.69, 9.17) is 27.3 Å². The zero-order chi connectivity index (χ0) is 13.7. The van der Waals surface area contributed by atoms with Crippen molar-refractivity contribution >= 4 is 17.4 Å². The highest BCUT2D eigenvalue weighted by Gasteiger charge is 2.13. The second kappa shape index (κ2) is 6.06. The van der Waals surface area contributed by atoms with Crippen LogP contribution in [0.2, 0.25) is 5.02 Å². The first-order chi connectivity index (χ1) is 9.22. The van der Waals surface area contributed by atoms with Crippen LogP contribution in [-0.4, -0.2) is 16.0 Å². The molecule has 3 N–H and O–H groups in total. The van der Waals surface area contributed by atoms with Crippen LogP contribution in [0.5, 0.6) is 5.75 Å². The molecular weight excluding hydrogens is 266 g/mol. The topological polar surface area (TPSA) is 80.7 Å². The van der Waals surface area contributed by atoms with Crippen molar-refractivity contribution in [3.8, 4) is 5.75 Å². The van der Waals surface area contributed by atoms with Crippen LogP contribution >= 0.6 is 11.6 Å². The van der Waals surface area contributed by atoms with Gasteiger partial charge in [0.25, 0.3) is 0 Å². The molecule has 1 aromatic carbocycles. The maximum atomic E-state index is 8.76. The average molecular weight is 278 g/mol. The minimum atomic E-state index is -0.0957. The molecule has 0 unspecified atom stereocenters. The first-order valence-electron chi connectivity index (χ1n) is 5.51. The molecule has 0 amide bonds. The number of pyridine rings is 1. The number of aromatic nitrogens is 1. The summed E-state index contributed by atoms with van der Waals surface area (Å²) in [5.74, 6) is 0.343. The van der Waals surface area contributed by atoms with Crippen LogP contribution in [0.4, 0.5) is 0 Å². The normalized spacial score (nSPS) is 11.3. The van der Waals surface area contributed by atoms with Crippen LogP contribution in [0, 0.1) is 0 Å². The van der Waals surface area contributed by atoms with Gasteiger partial charge in [-0.05, 0) is 24.3 Å². The van der Waals surface area contributed by atoms with E-state index in [1.54, 1.807) is 24.4 Å². The van der Waals surface area contributed by atoms with Crippen LogP contribution < -0.4 is 10.5 Å². The van der Waals surface area contributed by atoms with Gasteiger partial charge in [0.1, 0.15) is 12.4 Å². The number of nitrogens with zero attached hydrogens (tertiary/aromatic N) is 2. The summed E-state index contributed by atoms with van der Waals surface area (Å²) in [6.45, 7) is 0.271. The molecule has 0 spiro atoms. The summed E-state index contributed by atoms with van der Waals surface area (Å²) in [6, 6.07) is 10.6. The van der Waals surface area contributed by atoms with Gasteiger partial charge in [0.05, 0.1) is 16.3 Å². The van der Waals surface area contributed by atoms with Crippen molar-refractivity contribution < 1.29 is 9.94 Å². The van der Waals surface area contributed by atoms with Gasteiger partial charge in [0.2, 0.25) is 0 Å². The number of benzene rings is 1. The molecule has 0 saturated heterocycles. The Morgan fingerprint density at radius 2 is 2.16 bits per heavy atom. The lowest BCUT2D eigenvalue weighted by Gasteiger charge is -2.11. The van der Waals surface area contributed by atoms with Gasteiger partial charge in [-0.25, -0.2) is 0 Å². The number of ether oxygens (including phenoxy) is 1. The van der Waals surface area contributed by atoms with Crippen LogP contribution in [0.25, 0.3) is 0 Å². The minimum Gasteiger partial charge on any atom is -0.486 e. The quantitative estimate of drug-likeness (QED) is 0.389. The number of rotatable bonds is 4. The minimum absolute atomic E-state index is 0.0957. The van der Waals surface area contributed by atoms with Gasteiger partial charge in [-0.2, -0.15) is 0 Å². The third-order valence-electron chi connectivity index (χ3n) is 2.44. The standard InChI is InChI=1S/C13H12ClN3O2/c14-10-5-3-6-11(12(10)13(15)17-18)19-8-9-4-1-2-7-16-9/h1-7,18H,8H2,(H2,15,17). The van der Waals surface area contributed by atoms with Crippen LogP contribution in [-0.2, 0) is 6.61 Å². The Hall–Kier alpha value is -2.27. The monoisotopic (exact) mass is 277 g/mol. The second-order valence-electron chi connectivity index (χ2n) is 3.71. The fourth-order valence-corrected chi connectivity index (χ4v) is 1.82. The smallest absolute Gasteiger partial charge is 0.175 e. The van der Waals surface area contributed by atoms with E-state index in [2.05, 4.69) is 10.1 Å². The lowest BCUT2D eigenvalue weighted by atomic mass is 10.2. The highest BCUT2D eigenvalue weighted by molar-refractivity contribution is 6.34. The summed E-state index contributed by atoms with van der Waals surface area (Å²) in [6.07, 6.45) is 1.68. The Kier molecular flexibility index (Phi) is 4.20. The molecule has 0 radical (unpaired) electrons. The summed E-state index contributed by atoms with van der Waals surface area (Å²) in [5.41, 5.74) is 6.72. The Morgan fingerprint density at radius 1 is 1.32 bits per heavy atom. The molecule has 0 fully saturated rings. The lowest BCUT2D eigenvalue weighted by molar-refractivity contribution is 0.299. The van der Waals surface area contributed by atoms with Gasteiger partial charge in [-0.15, -0.1) is 0 Å². The number of hydrogen-bond donors (Lipinski definition) is 2. The maximum absolute atomic E-state index is 8.76. The van der Waals surface area contributed by atoms with E-state index >= 15 is 0 Å². The molecule has 0 aliphatic heterocycles. The molecule has 1 aromatic heterocycles. The van der Waals surface area contributed by atoms with E-state index in [-0.39, 0.29) is 12.4 Å². The Morgan fingerprint density at radius 3 is 2.84 bits per heavy atom. The van der Waals surface area contributed by atoms with Crippen molar-refractivity contribution in [1.29, 1.82) is 0 Å². The lowest BCUT2D eigenvalue weighted by Crippen LogP contribution is -2.15. The van der Waals surface area contributed by atoms with Crippen molar-refractivity contribution in [1.82, 2.24) is 4.98 Å². The number of oxime groups is 1. The van der Waals surface area contributed by atoms with Gasteiger partial charge in [0, 0.05) is 6.20 Å². The van der Waals surface area contributed by atoms with Crippen molar-refractivity contribution in [2.45, 2.75) is 6.61 Å². The van der Waals surface area contributed by atoms with E-state index < -0.39 is 0 Å². The molecule has 2 aromatic rings. The predicted octanol–water partition coefficient (Wildman–Crippen LogP) is 2.41. The molecule has 0 aliphatic carbocycles. The average Bonchev–Trinajstić information content (AvgIpc) is 2.45. The molecule has 5 nitrogen and oxygen atoms in total. The second-order valence-corrected chi connectivity index (χ2v) is 4.12. The van der Waals surface area contributed by atoms with Gasteiger partial charge in [-0.1, -0.05) is 28.9 Å². The highest BCUT2D eigenvalue weighted by atomic mass is 35.5. The van der Waals surface area contributed by atoms with Crippen LogP contribution in [0.3, 0.4) is 0 Å². The molecule has 98 valence electrons. The van der Waals surface area contributed by atoms with Crippen LogP contribution in [0.15, 0.2) is 47.8 Å². The highest BCUT2D eigenvalue weighted by Crippen LogP contribution is 2.26. The number of nitrogens with two attached hydrogens (primary N) is 1. The number of amidine groups is 1. The summed E-state index contributed by atoms with van der Waals surface area (Å²) < 4.78 is 5.61. The number of halogens is 1. The third-order valence-corrected chi connectivity index (χ3v) is 2.76. The molecule has 6 heteroatoms. The van der Waals surface area contributed by atoms with E-state index in [1.807, 2.05) is 18.2 Å². The van der Waals surface area contributed by atoms with Gasteiger partial charge in [0.15, 0.2) is 5.84 Å². The molecular formula is C13H12ClN3O2. The molecule has 19 heavy (non-hydrogen) atoms. The molecule has 0 bridgehead atoms.